The van der Waals surface area contributed by atoms with Gasteiger partial charge >= 0.3 is 0 Å². The van der Waals surface area contributed by atoms with Crippen LogP contribution in [-0.4, -0.2) is 13.2 Å². The molecule has 0 amide bonds. The summed E-state index contributed by atoms with van der Waals surface area (Å²) in [6.45, 7) is 5.39. The first-order valence-electron chi connectivity index (χ1n) is 6.94. The summed E-state index contributed by atoms with van der Waals surface area (Å²) in [7, 11) is 0. The lowest BCUT2D eigenvalue weighted by Crippen LogP contribution is -2.05. The van der Waals surface area contributed by atoms with Crippen molar-refractivity contribution >= 4 is 21.6 Å². The minimum Gasteiger partial charge on any atom is -0.493 e. The predicted octanol–water partition coefficient (Wildman–Crippen LogP) is 4.50. The van der Waals surface area contributed by atoms with Crippen LogP contribution in [0.15, 0.2) is 40.9 Å². The number of nitrogens with two attached hydrogens (primary N) is 1. The lowest BCUT2D eigenvalue weighted by atomic mass is 10.1. The molecule has 0 unspecified atom stereocenters. The molecule has 0 bridgehead atoms. The molecule has 0 heterocycles. The first kappa shape index (κ1) is 15.7. The summed E-state index contributed by atoms with van der Waals surface area (Å²) in [6, 6.07) is 11.5. The third-order valence-electron chi connectivity index (χ3n) is 3.12. The molecule has 2 aromatic rings. The molecule has 0 atom stereocenters. The lowest BCUT2D eigenvalue weighted by Gasteiger charge is -2.11. The summed E-state index contributed by atoms with van der Waals surface area (Å²) in [5, 5.41) is 0. The second kappa shape index (κ2) is 7.36. The van der Waals surface area contributed by atoms with Crippen molar-refractivity contribution in [3.63, 3.8) is 0 Å². The molecule has 0 aliphatic heterocycles. The molecule has 112 valence electrons. The minimum absolute atomic E-state index is 0.623. The monoisotopic (exact) mass is 349 g/mol. The fourth-order valence-corrected chi connectivity index (χ4v) is 2.22. The van der Waals surface area contributed by atoms with E-state index in [1.54, 1.807) is 0 Å². The maximum atomic E-state index is 5.76. The van der Waals surface area contributed by atoms with Crippen LogP contribution >= 0.6 is 15.9 Å². The molecule has 0 radical (unpaired) electrons. The largest absolute Gasteiger partial charge is 0.493 e. The van der Waals surface area contributed by atoms with Crippen LogP contribution in [0.1, 0.15) is 17.5 Å². The zero-order valence-corrected chi connectivity index (χ0v) is 13.9. The summed E-state index contributed by atoms with van der Waals surface area (Å²) in [4.78, 5) is 0. The zero-order chi connectivity index (χ0) is 15.2. The van der Waals surface area contributed by atoms with Crippen LogP contribution in [0.2, 0.25) is 0 Å². The number of nitrogen functional groups attached to an aromatic ring is 1. The Kier molecular flexibility index (Phi) is 5.51. The number of rotatable bonds is 6. The van der Waals surface area contributed by atoms with Crippen molar-refractivity contribution in [3.05, 3.63) is 52.0 Å². The van der Waals surface area contributed by atoms with Crippen LogP contribution < -0.4 is 15.2 Å². The fourth-order valence-electron chi connectivity index (χ4n) is 1.99. The number of hydrogen-bond donors (Lipinski definition) is 1. The van der Waals surface area contributed by atoms with E-state index in [0.717, 1.165) is 28.1 Å². The Morgan fingerprint density at radius 1 is 0.905 bits per heavy atom. The van der Waals surface area contributed by atoms with Crippen molar-refractivity contribution in [2.24, 2.45) is 0 Å². The van der Waals surface area contributed by atoms with Gasteiger partial charge in [0.05, 0.1) is 13.2 Å². The molecule has 2 aromatic carbocycles. The van der Waals surface area contributed by atoms with E-state index in [1.807, 2.05) is 36.4 Å². The molecule has 0 aliphatic carbocycles. The number of halogens is 1. The average molecular weight is 350 g/mol. The second-order valence-electron chi connectivity index (χ2n) is 4.99. The highest BCUT2D eigenvalue weighted by molar-refractivity contribution is 9.10. The van der Waals surface area contributed by atoms with Gasteiger partial charge in [-0.05, 0) is 61.4 Å². The Bertz CT molecular complexity index is 573. The molecule has 2 N–H and O–H groups in total. The van der Waals surface area contributed by atoms with E-state index in [4.69, 9.17) is 15.2 Å². The van der Waals surface area contributed by atoms with Crippen molar-refractivity contribution < 1.29 is 9.47 Å². The molecule has 0 fully saturated rings. The van der Waals surface area contributed by atoms with E-state index in [2.05, 4.69) is 29.8 Å². The van der Waals surface area contributed by atoms with Crippen LogP contribution in [-0.2, 0) is 0 Å². The molecular weight excluding hydrogens is 330 g/mol. The van der Waals surface area contributed by atoms with Gasteiger partial charge in [0.15, 0.2) is 0 Å². The van der Waals surface area contributed by atoms with E-state index < -0.39 is 0 Å². The van der Waals surface area contributed by atoms with Gasteiger partial charge in [-0.2, -0.15) is 0 Å². The highest BCUT2D eigenvalue weighted by atomic mass is 79.9. The van der Waals surface area contributed by atoms with E-state index in [-0.39, 0.29) is 0 Å². The Balaban J connectivity index is 1.74. The minimum atomic E-state index is 0.623. The van der Waals surface area contributed by atoms with E-state index >= 15 is 0 Å². The molecule has 0 saturated carbocycles. The highest BCUT2D eigenvalue weighted by Gasteiger charge is 2.03. The van der Waals surface area contributed by atoms with Crippen molar-refractivity contribution in [3.8, 4) is 11.5 Å². The molecule has 0 spiro atoms. The van der Waals surface area contributed by atoms with Gasteiger partial charge in [0.2, 0.25) is 0 Å². The SMILES string of the molecule is Cc1cc(OCCCOc2ccc(N)cc2)cc(C)c1Br. The first-order valence-corrected chi connectivity index (χ1v) is 7.73. The average Bonchev–Trinajstić information content (AvgIpc) is 2.46. The molecule has 0 aliphatic rings. The van der Waals surface area contributed by atoms with Gasteiger partial charge in [-0.25, -0.2) is 0 Å². The number of aryl methyl sites for hydroxylation is 2. The normalized spacial score (nSPS) is 10.4. The van der Waals surface area contributed by atoms with Crippen molar-refractivity contribution in [1.29, 1.82) is 0 Å². The van der Waals surface area contributed by atoms with Gasteiger partial charge in [0, 0.05) is 16.6 Å². The highest BCUT2D eigenvalue weighted by Crippen LogP contribution is 2.26. The van der Waals surface area contributed by atoms with Gasteiger partial charge in [-0.15, -0.1) is 0 Å². The Morgan fingerprint density at radius 2 is 1.43 bits per heavy atom. The summed E-state index contributed by atoms with van der Waals surface area (Å²) in [6.07, 6.45) is 0.832. The number of hydrogen-bond acceptors (Lipinski definition) is 3. The molecule has 2 rings (SSSR count). The van der Waals surface area contributed by atoms with Crippen LogP contribution in [0, 0.1) is 13.8 Å². The second-order valence-corrected chi connectivity index (χ2v) is 5.78. The van der Waals surface area contributed by atoms with Gasteiger partial charge in [-0.3, -0.25) is 0 Å². The van der Waals surface area contributed by atoms with Gasteiger partial charge < -0.3 is 15.2 Å². The molecule has 21 heavy (non-hydrogen) atoms. The first-order chi connectivity index (χ1) is 10.1. The van der Waals surface area contributed by atoms with Gasteiger partial charge in [-0.1, -0.05) is 15.9 Å². The topological polar surface area (TPSA) is 44.5 Å². The number of benzene rings is 2. The molecule has 4 heteroatoms. The Labute approximate surface area is 134 Å². The van der Waals surface area contributed by atoms with Crippen LogP contribution in [0.25, 0.3) is 0 Å². The quantitative estimate of drug-likeness (QED) is 0.616. The summed E-state index contributed by atoms with van der Waals surface area (Å²) >= 11 is 3.55. The standard InChI is InChI=1S/C17H20BrNO2/c1-12-10-16(11-13(2)17(12)18)21-9-3-8-20-15-6-4-14(19)5-7-15/h4-7,10-11H,3,8-9,19H2,1-2H3. The maximum Gasteiger partial charge on any atom is 0.119 e. The van der Waals surface area contributed by atoms with E-state index in [0.29, 0.717) is 13.2 Å². The third-order valence-corrected chi connectivity index (χ3v) is 4.37. The fraction of sp³-hybridized carbons (Fsp3) is 0.294. The molecular formula is C17H20BrNO2. The molecule has 3 nitrogen and oxygen atoms in total. The number of anilines is 1. The number of ether oxygens (including phenoxy) is 2. The van der Waals surface area contributed by atoms with Gasteiger partial charge in [0.25, 0.3) is 0 Å². The Hall–Kier alpha value is -1.68. The van der Waals surface area contributed by atoms with Crippen LogP contribution in [0.3, 0.4) is 0 Å². The third kappa shape index (κ3) is 4.67. The smallest absolute Gasteiger partial charge is 0.119 e. The summed E-state index contributed by atoms with van der Waals surface area (Å²) in [5.41, 5.74) is 8.73. The van der Waals surface area contributed by atoms with Crippen molar-refractivity contribution in [1.82, 2.24) is 0 Å². The maximum absolute atomic E-state index is 5.76. The van der Waals surface area contributed by atoms with Crippen molar-refractivity contribution in [2.45, 2.75) is 20.3 Å². The molecule has 0 aromatic heterocycles. The van der Waals surface area contributed by atoms with Crippen molar-refractivity contribution in [2.75, 3.05) is 18.9 Å². The van der Waals surface area contributed by atoms with E-state index in [9.17, 15) is 0 Å². The molecule has 0 saturated heterocycles. The van der Waals surface area contributed by atoms with Crippen LogP contribution in [0.5, 0.6) is 11.5 Å². The Morgan fingerprint density at radius 3 is 2.00 bits per heavy atom. The lowest BCUT2D eigenvalue weighted by molar-refractivity contribution is 0.247. The zero-order valence-electron chi connectivity index (χ0n) is 12.4. The summed E-state index contributed by atoms with van der Waals surface area (Å²) in [5.74, 6) is 1.74. The predicted molar refractivity (Wildman–Crippen MR) is 90.1 cm³/mol. The summed E-state index contributed by atoms with van der Waals surface area (Å²) < 4.78 is 12.5. The van der Waals surface area contributed by atoms with Gasteiger partial charge in [0.1, 0.15) is 11.5 Å². The van der Waals surface area contributed by atoms with Crippen LogP contribution in [0.4, 0.5) is 5.69 Å². The van der Waals surface area contributed by atoms with E-state index in [1.165, 1.54) is 11.1 Å².